The van der Waals surface area contributed by atoms with Crippen LogP contribution < -0.4 is 33.5 Å². The number of nitrogens with zero attached hydrogens (tertiary/aromatic N) is 2. The molecule has 2 unspecified atom stereocenters. The fourth-order valence-electron chi connectivity index (χ4n) is 23.3. The van der Waals surface area contributed by atoms with Gasteiger partial charge in [0.25, 0.3) is 30.1 Å². The molecule has 4 atom stereocenters. The zero-order valence-electron chi connectivity index (χ0n) is 82.6. The number of carboxylic acid groups (broad SMARTS) is 1. The van der Waals surface area contributed by atoms with Gasteiger partial charge in [-0.25, -0.2) is 14.6 Å². The minimum atomic E-state index is -1.10. The molecule has 23 rings (SSSR count). The lowest BCUT2D eigenvalue weighted by Crippen LogP contribution is -2.42. The molecule has 14 nitrogen and oxygen atoms in total. The Morgan fingerprint density at radius 2 is 0.529 bits per heavy atom. The Labute approximate surface area is 814 Å². The van der Waals surface area contributed by atoms with Crippen molar-refractivity contribution < 1.29 is 57.6 Å². The van der Waals surface area contributed by atoms with Gasteiger partial charge < -0.3 is 28.8 Å². The highest BCUT2D eigenvalue weighted by Crippen LogP contribution is 2.62. The molecule has 14 heteroatoms. The molecule has 7 aliphatic rings. The van der Waals surface area contributed by atoms with E-state index < -0.39 is 29.6 Å². The highest BCUT2D eigenvalue weighted by molar-refractivity contribution is 6.48. The first-order valence-corrected chi connectivity index (χ1v) is 49.1. The second-order valence-electron chi connectivity index (χ2n) is 44.7. The molecular weight excluding hydrogens is 1730 g/mol. The monoisotopic (exact) mass is 1840 g/mol. The van der Waals surface area contributed by atoms with Crippen molar-refractivity contribution in [2.45, 2.75) is 184 Å². The molecule has 5 aliphatic carbocycles. The van der Waals surface area contributed by atoms with Crippen molar-refractivity contribution in [2.75, 3.05) is 9.80 Å². The van der Waals surface area contributed by atoms with E-state index in [1.807, 2.05) is 128 Å². The van der Waals surface area contributed by atoms with Crippen LogP contribution in [0.4, 0.5) is 11.4 Å². The lowest BCUT2D eigenvalue weighted by Gasteiger charge is -2.34. The summed E-state index contributed by atoms with van der Waals surface area (Å²) >= 11 is 0. The average Bonchev–Trinajstić information content (AvgIpc) is 1.00. The smallest absolute Gasteiger partial charge is 0.335 e. The zero-order chi connectivity index (χ0) is 97.9. The van der Waals surface area contributed by atoms with Crippen LogP contribution in [-0.4, -0.2) is 41.2 Å². The molecule has 1 N–H and O–H groups in total. The Hall–Kier alpha value is -15.0. The summed E-state index contributed by atoms with van der Waals surface area (Å²) < 4.78 is 35.0. The molecule has 16 aromatic carbocycles. The number of hydrogen-bond acceptors (Lipinski definition) is 11. The summed E-state index contributed by atoms with van der Waals surface area (Å²) in [6.45, 7) is 42.4. The lowest BCUT2D eigenvalue weighted by molar-refractivity contribution is -0.120. The molecule has 0 spiro atoms. The molecule has 0 fully saturated rings. The maximum atomic E-state index is 16.4. The molecule has 4 amide bonds. The van der Waals surface area contributed by atoms with Crippen molar-refractivity contribution in [3.8, 4) is 51.7 Å². The lowest BCUT2D eigenvalue weighted by atomic mass is 9.75. The predicted molar refractivity (Wildman–Crippen MR) is 565 cm³/mol. The molecule has 0 aromatic heterocycles. The van der Waals surface area contributed by atoms with Crippen molar-refractivity contribution in [1.82, 2.24) is 0 Å². The van der Waals surface area contributed by atoms with Crippen LogP contribution >= 0.6 is 0 Å². The number of carbonyl (C=O) groups excluding carboxylic acids is 5. The van der Waals surface area contributed by atoms with Gasteiger partial charge in [0.15, 0.2) is 0 Å². The van der Waals surface area contributed by atoms with Gasteiger partial charge in [-0.1, -0.05) is 284 Å². The summed E-state index contributed by atoms with van der Waals surface area (Å²) in [5.41, 5.74) is 17.3. The fourth-order valence-corrected chi connectivity index (χ4v) is 23.3. The van der Waals surface area contributed by atoms with Gasteiger partial charge >= 0.3 is 5.97 Å². The SMILES string of the molecule is CC(C)c1cc(OC=O)cc(C(C)C)c1N1C(=O)c2cc(Oc3ccc(C(C)(C)C)cc3)c3c4ccc5c6c(ccc(c7c(Oc8ccc(C(C)(C)C)cc8)cc(c2c37)C1=O)c64)C1=C[C@@H]2/C=C\[C@@H]3C=C4C(=CC3/C=C\C2C=C15)c1ccc2c3c(Oc5ccc(C(C)(C)C)cc5)cc5c6c(cc(Oc7ccc(C(C)(C)C)cc7)c(c7ccc4c1c27)c63)C(=O)N(c1c(C(C)C)cc(C(=O)O)cc1C(C)C)C5=O. The number of imide groups is 2. The highest BCUT2D eigenvalue weighted by atomic mass is 16.5. The van der Waals surface area contributed by atoms with E-state index in [1.54, 1.807) is 24.3 Å². The Kier molecular flexibility index (Phi) is 20.0. The van der Waals surface area contributed by atoms with Crippen molar-refractivity contribution >= 4 is 156 Å². The van der Waals surface area contributed by atoms with E-state index in [-0.39, 0.29) is 85.7 Å². The maximum Gasteiger partial charge on any atom is 0.335 e. The van der Waals surface area contributed by atoms with Gasteiger partial charge in [-0.05, 0) is 275 Å². The number of rotatable bonds is 17. The van der Waals surface area contributed by atoms with Crippen LogP contribution in [0.3, 0.4) is 0 Å². The fraction of sp³-hybridized carbons (Fsp3) is 0.254. The Bertz CT molecular complexity index is 7930. The third kappa shape index (κ3) is 13.7. The van der Waals surface area contributed by atoms with Crippen molar-refractivity contribution in [1.29, 1.82) is 0 Å². The van der Waals surface area contributed by atoms with Gasteiger partial charge in [0.1, 0.15) is 51.7 Å². The minimum Gasteiger partial charge on any atom is -0.478 e. The molecule has 2 aliphatic heterocycles. The molecule has 0 bridgehead atoms. The van der Waals surface area contributed by atoms with Crippen LogP contribution in [0.15, 0.2) is 243 Å². The number of amides is 4. The van der Waals surface area contributed by atoms with E-state index >= 15 is 19.2 Å². The number of anilines is 2. The number of aromatic carboxylic acids is 1. The van der Waals surface area contributed by atoms with E-state index in [9.17, 15) is 14.7 Å². The number of carboxylic acids is 1. The molecule has 2 heterocycles. The van der Waals surface area contributed by atoms with Gasteiger partial charge in [0, 0.05) is 66.8 Å². The van der Waals surface area contributed by atoms with Gasteiger partial charge in [-0.15, -0.1) is 0 Å². The van der Waals surface area contributed by atoms with Crippen LogP contribution in [-0.2, 0) is 26.5 Å². The van der Waals surface area contributed by atoms with Crippen LogP contribution in [0.1, 0.15) is 281 Å². The van der Waals surface area contributed by atoms with Gasteiger partial charge in [-0.2, -0.15) is 0 Å². The van der Waals surface area contributed by atoms with Crippen LogP contribution in [0, 0.1) is 23.7 Å². The van der Waals surface area contributed by atoms with E-state index in [2.05, 4.69) is 229 Å². The maximum absolute atomic E-state index is 16.4. The third-order valence-corrected chi connectivity index (χ3v) is 30.4. The van der Waals surface area contributed by atoms with Gasteiger partial charge in [0.2, 0.25) is 0 Å². The van der Waals surface area contributed by atoms with Crippen LogP contribution in [0.25, 0.3) is 108 Å². The van der Waals surface area contributed by atoms with Gasteiger partial charge in [0.05, 0.1) is 39.2 Å². The van der Waals surface area contributed by atoms with E-state index in [1.165, 1.54) is 9.80 Å². The number of fused-ring (bicyclic) bond motifs is 12. The van der Waals surface area contributed by atoms with Crippen molar-refractivity contribution in [3.63, 3.8) is 0 Å². The first-order valence-electron chi connectivity index (χ1n) is 49.1. The van der Waals surface area contributed by atoms with Crippen LogP contribution in [0.5, 0.6) is 51.7 Å². The van der Waals surface area contributed by atoms with Crippen molar-refractivity contribution in [3.05, 3.63) is 337 Å². The topological polar surface area (TPSA) is 175 Å². The summed E-state index contributed by atoms with van der Waals surface area (Å²) in [6, 6.07) is 64.6. The predicted octanol–water partition coefficient (Wildman–Crippen LogP) is 32.4. The molecule has 0 saturated carbocycles. The molecule has 0 saturated heterocycles. The zero-order valence-corrected chi connectivity index (χ0v) is 82.6. The quantitative estimate of drug-likeness (QED) is 0.0301. The molecule has 696 valence electrons. The summed E-state index contributed by atoms with van der Waals surface area (Å²) in [4.78, 5) is 93.2. The Balaban J connectivity index is 0.682. The molecular formula is C126H110N2O12. The Morgan fingerprint density at radius 1 is 0.293 bits per heavy atom. The molecule has 140 heavy (non-hydrogen) atoms. The number of hydrogen-bond donors (Lipinski definition) is 1. The molecule has 0 radical (unpaired) electrons. The number of carbonyl (C=O) groups is 6. The second kappa shape index (κ2) is 31.5. The summed E-state index contributed by atoms with van der Waals surface area (Å²) in [5.74, 6) is -0.0704. The first-order chi connectivity index (χ1) is 66.7. The van der Waals surface area contributed by atoms with Gasteiger partial charge in [-0.3, -0.25) is 24.0 Å². The number of allylic oxidation sites excluding steroid dienone is 12. The standard InChI is InChI=1S/C126H110N2O12/c1-62(2)88-53-70(122(134)135)54-89(63(3)4)116(88)127-118(130)96-57-100(137-75-33-25-71(26-34-75)123(9,10)11)110-84-45-41-80-92-49-66-21-23-68-51-94-82-43-47-86-107-87(48-44-83(105(82)107)95(94)52-69(68)24-22-67(66)50-93(92)81-42-46-85(106(84)104(80)81)111-101(58-97(119(127)131)108(96)114(110)111)138-76-35-27-72(28-36-76)124(12,13)14)113-103(140-78-39-31-74(32-40-78)126(18,19)20)60-99-109-98(59-102(112(86)115(109)113)139-77-37-29-73(30-38-77)125(15,16)17)120(132)128(121(99)133)117-90(64(5)6)55-79(136-61-129)56-91(117)65(7)8/h21-69H,1-20H3,(H,134,135)/b23-21-,24-22-/t66-,67?,68+,69?/m1/s1. The van der Waals surface area contributed by atoms with E-state index in [0.717, 1.165) is 131 Å². The summed E-state index contributed by atoms with van der Waals surface area (Å²) in [6.07, 6.45) is 19.6. The number of ether oxygens (including phenoxy) is 5. The van der Waals surface area contributed by atoms with E-state index in [0.29, 0.717) is 125 Å². The second-order valence-corrected chi connectivity index (χ2v) is 44.7. The van der Waals surface area contributed by atoms with Crippen LogP contribution in [0.2, 0.25) is 0 Å². The molecule has 16 aromatic rings. The number of benzene rings is 16. The first kappa shape index (κ1) is 88.9. The highest BCUT2D eigenvalue weighted by Gasteiger charge is 2.46. The van der Waals surface area contributed by atoms with Crippen molar-refractivity contribution in [2.24, 2.45) is 23.7 Å². The normalized spacial score (nSPS) is 17.7. The third-order valence-electron chi connectivity index (χ3n) is 30.4. The summed E-state index contributed by atoms with van der Waals surface area (Å²) in [7, 11) is 0. The average molecular weight is 1840 g/mol. The van der Waals surface area contributed by atoms with E-state index in [4.69, 9.17) is 23.7 Å². The largest absolute Gasteiger partial charge is 0.478 e. The minimum absolute atomic E-state index is 0.0334. The summed E-state index contributed by atoms with van der Waals surface area (Å²) in [5, 5.41) is 23.5. The Morgan fingerprint density at radius 3 is 0.750 bits per heavy atom.